The molecule has 124 valence electrons. The van der Waals surface area contributed by atoms with Gasteiger partial charge in [-0.2, -0.15) is 0 Å². The first-order valence-corrected chi connectivity index (χ1v) is 8.03. The predicted molar refractivity (Wildman–Crippen MR) is 82.1 cm³/mol. The lowest BCUT2D eigenvalue weighted by Gasteiger charge is -2.33. The lowest BCUT2D eigenvalue weighted by molar-refractivity contribution is -0.132. The SMILES string of the molecule is C=CC(=O)N1CCC(C(=O)NCCC2(O)CCCOC2)CC1. The molecule has 2 N–H and O–H groups in total. The van der Waals surface area contributed by atoms with Gasteiger partial charge in [0.15, 0.2) is 0 Å². The van der Waals surface area contributed by atoms with Gasteiger partial charge in [0.05, 0.1) is 12.2 Å². The summed E-state index contributed by atoms with van der Waals surface area (Å²) in [6.45, 7) is 6.19. The molecule has 0 aromatic heterocycles. The third-order valence-corrected chi connectivity index (χ3v) is 4.54. The number of nitrogens with one attached hydrogen (secondary N) is 1. The molecule has 1 unspecified atom stereocenters. The van der Waals surface area contributed by atoms with Crippen molar-refractivity contribution < 1.29 is 19.4 Å². The second kappa shape index (κ2) is 7.74. The van der Waals surface area contributed by atoms with Crippen molar-refractivity contribution >= 4 is 11.8 Å². The highest BCUT2D eigenvalue weighted by Crippen LogP contribution is 2.22. The first-order chi connectivity index (χ1) is 10.5. The first-order valence-electron chi connectivity index (χ1n) is 8.03. The van der Waals surface area contributed by atoms with Crippen molar-refractivity contribution in [1.82, 2.24) is 10.2 Å². The minimum atomic E-state index is -0.800. The Bertz CT molecular complexity index is 410. The normalized spacial score (nSPS) is 26.5. The van der Waals surface area contributed by atoms with Crippen LogP contribution in [0.1, 0.15) is 32.1 Å². The van der Waals surface area contributed by atoms with Crippen LogP contribution >= 0.6 is 0 Å². The van der Waals surface area contributed by atoms with E-state index in [9.17, 15) is 14.7 Å². The van der Waals surface area contributed by atoms with Gasteiger partial charge in [-0.25, -0.2) is 0 Å². The fourth-order valence-corrected chi connectivity index (χ4v) is 3.09. The molecule has 0 radical (unpaired) electrons. The molecule has 2 aliphatic heterocycles. The van der Waals surface area contributed by atoms with Crippen LogP contribution in [-0.4, -0.2) is 60.3 Å². The highest BCUT2D eigenvalue weighted by molar-refractivity contribution is 5.87. The molecule has 0 spiro atoms. The Morgan fingerprint density at radius 1 is 1.41 bits per heavy atom. The monoisotopic (exact) mass is 310 g/mol. The topological polar surface area (TPSA) is 78.9 Å². The second-order valence-electron chi connectivity index (χ2n) is 6.23. The molecule has 0 saturated carbocycles. The molecule has 2 fully saturated rings. The van der Waals surface area contributed by atoms with E-state index in [0.29, 0.717) is 52.1 Å². The molecule has 0 aromatic carbocycles. The number of nitrogens with zero attached hydrogens (tertiary/aromatic N) is 1. The molecule has 0 aliphatic carbocycles. The van der Waals surface area contributed by atoms with Crippen LogP contribution in [0.15, 0.2) is 12.7 Å². The zero-order chi connectivity index (χ0) is 16.0. The van der Waals surface area contributed by atoms with Gasteiger partial charge in [-0.1, -0.05) is 6.58 Å². The maximum atomic E-state index is 12.1. The van der Waals surface area contributed by atoms with Gasteiger partial charge < -0.3 is 20.1 Å². The standard InChI is InChI=1S/C16H26N2O4/c1-2-14(19)18-9-4-13(5-10-18)15(20)17-8-7-16(21)6-3-11-22-12-16/h2,13,21H,1,3-12H2,(H,17,20). The molecule has 2 heterocycles. The fraction of sp³-hybridized carbons (Fsp3) is 0.750. The number of hydrogen-bond acceptors (Lipinski definition) is 4. The average molecular weight is 310 g/mol. The van der Waals surface area contributed by atoms with Gasteiger partial charge in [0.25, 0.3) is 0 Å². The lowest BCUT2D eigenvalue weighted by atomic mass is 9.92. The summed E-state index contributed by atoms with van der Waals surface area (Å²) < 4.78 is 5.30. The Labute approximate surface area is 131 Å². The zero-order valence-corrected chi connectivity index (χ0v) is 13.1. The molecular formula is C16H26N2O4. The number of piperidine rings is 1. The fourth-order valence-electron chi connectivity index (χ4n) is 3.09. The van der Waals surface area contributed by atoms with E-state index in [2.05, 4.69) is 11.9 Å². The van der Waals surface area contributed by atoms with E-state index in [4.69, 9.17) is 4.74 Å². The van der Waals surface area contributed by atoms with Crippen LogP contribution in [0.25, 0.3) is 0 Å². The van der Waals surface area contributed by atoms with Crippen molar-refractivity contribution in [3.8, 4) is 0 Å². The Morgan fingerprint density at radius 2 is 2.14 bits per heavy atom. The summed E-state index contributed by atoms with van der Waals surface area (Å²) in [5, 5.41) is 13.2. The van der Waals surface area contributed by atoms with Crippen LogP contribution in [0.3, 0.4) is 0 Å². The van der Waals surface area contributed by atoms with E-state index >= 15 is 0 Å². The maximum absolute atomic E-state index is 12.1. The molecule has 2 rings (SSSR count). The number of rotatable bonds is 5. The highest BCUT2D eigenvalue weighted by atomic mass is 16.5. The van der Waals surface area contributed by atoms with Crippen LogP contribution in [0.2, 0.25) is 0 Å². The molecule has 2 amide bonds. The minimum Gasteiger partial charge on any atom is -0.387 e. The number of carbonyl (C=O) groups excluding carboxylic acids is 2. The summed E-state index contributed by atoms with van der Waals surface area (Å²) in [6, 6.07) is 0. The average Bonchev–Trinajstić information content (AvgIpc) is 2.54. The van der Waals surface area contributed by atoms with Gasteiger partial charge in [0, 0.05) is 32.2 Å². The Hall–Kier alpha value is -1.40. The van der Waals surface area contributed by atoms with Gasteiger partial charge in [-0.05, 0) is 38.2 Å². The van der Waals surface area contributed by atoms with Gasteiger partial charge in [0.1, 0.15) is 0 Å². The van der Waals surface area contributed by atoms with E-state index in [1.807, 2.05) is 0 Å². The van der Waals surface area contributed by atoms with Crippen LogP contribution in [-0.2, 0) is 14.3 Å². The van der Waals surface area contributed by atoms with Crippen LogP contribution < -0.4 is 5.32 Å². The number of aliphatic hydroxyl groups is 1. The van der Waals surface area contributed by atoms with Gasteiger partial charge in [-0.15, -0.1) is 0 Å². The number of carbonyl (C=O) groups is 2. The van der Waals surface area contributed by atoms with Crippen molar-refractivity contribution in [3.63, 3.8) is 0 Å². The summed E-state index contributed by atoms with van der Waals surface area (Å²) in [5.41, 5.74) is -0.800. The summed E-state index contributed by atoms with van der Waals surface area (Å²) in [5.74, 6) is -0.101. The summed E-state index contributed by atoms with van der Waals surface area (Å²) in [4.78, 5) is 25.4. The molecule has 22 heavy (non-hydrogen) atoms. The van der Waals surface area contributed by atoms with Crippen LogP contribution in [0.5, 0.6) is 0 Å². The van der Waals surface area contributed by atoms with Crippen molar-refractivity contribution in [2.45, 2.75) is 37.7 Å². The lowest BCUT2D eigenvalue weighted by Crippen LogP contribution is -2.45. The molecule has 2 saturated heterocycles. The van der Waals surface area contributed by atoms with E-state index in [-0.39, 0.29) is 17.7 Å². The molecule has 6 heteroatoms. The Kier molecular flexibility index (Phi) is 5.97. The van der Waals surface area contributed by atoms with Gasteiger partial charge in [0.2, 0.25) is 11.8 Å². The quantitative estimate of drug-likeness (QED) is 0.723. The van der Waals surface area contributed by atoms with E-state index in [1.54, 1.807) is 4.90 Å². The van der Waals surface area contributed by atoms with Crippen molar-refractivity contribution in [2.24, 2.45) is 5.92 Å². The molecule has 6 nitrogen and oxygen atoms in total. The molecule has 1 atom stereocenters. The summed E-state index contributed by atoms with van der Waals surface area (Å²) in [7, 11) is 0. The number of likely N-dealkylation sites (tertiary alicyclic amines) is 1. The van der Waals surface area contributed by atoms with Gasteiger partial charge in [-0.3, -0.25) is 9.59 Å². The number of amides is 2. The molecule has 0 aromatic rings. The zero-order valence-electron chi connectivity index (χ0n) is 13.1. The number of hydrogen-bond donors (Lipinski definition) is 2. The second-order valence-corrected chi connectivity index (χ2v) is 6.23. The smallest absolute Gasteiger partial charge is 0.245 e. The number of ether oxygens (including phenoxy) is 1. The maximum Gasteiger partial charge on any atom is 0.245 e. The third kappa shape index (κ3) is 4.55. The van der Waals surface area contributed by atoms with Crippen molar-refractivity contribution in [3.05, 3.63) is 12.7 Å². The molecule has 0 bridgehead atoms. The van der Waals surface area contributed by atoms with Crippen molar-refractivity contribution in [2.75, 3.05) is 32.8 Å². The van der Waals surface area contributed by atoms with Gasteiger partial charge >= 0.3 is 0 Å². The Balaban J connectivity index is 1.68. The minimum absolute atomic E-state index is 0.0195. The summed E-state index contributed by atoms with van der Waals surface area (Å²) in [6.07, 6.45) is 4.78. The first kappa shape index (κ1) is 17.0. The molecule has 2 aliphatic rings. The van der Waals surface area contributed by atoms with E-state index in [1.165, 1.54) is 6.08 Å². The predicted octanol–water partition coefficient (Wildman–Crippen LogP) is 0.459. The molecular weight excluding hydrogens is 284 g/mol. The van der Waals surface area contributed by atoms with E-state index < -0.39 is 5.60 Å². The van der Waals surface area contributed by atoms with E-state index in [0.717, 1.165) is 12.8 Å². The third-order valence-electron chi connectivity index (χ3n) is 4.54. The summed E-state index contributed by atoms with van der Waals surface area (Å²) >= 11 is 0. The van der Waals surface area contributed by atoms with Crippen LogP contribution in [0, 0.1) is 5.92 Å². The Morgan fingerprint density at radius 3 is 2.73 bits per heavy atom. The largest absolute Gasteiger partial charge is 0.387 e. The van der Waals surface area contributed by atoms with Crippen LogP contribution in [0.4, 0.5) is 0 Å². The highest BCUT2D eigenvalue weighted by Gasteiger charge is 2.31. The van der Waals surface area contributed by atoms with Crippen molar-refractivity contribution in [1.29, 1.82) is 0 Å².